The zero-order valence-electron chi connectivity index (χ0n) is 9.00. The normalized spacial score (nSPS) is 12.9. The fourth-order valence-corrected chi connectivity index (χ4v) is 2.38. The van der Waals surface area contributed by atoms with Gasteiger partial charge in [0.2, 0.25) is 0 Å². The van der Waals surface area contributed by atoms with Crippen LogP contribution in [0.15, 0.2) is 12.2 Å². The van der Waals surface area contributed by atoms with Crippen molar-refractivity contribution >= 4 is 28.5 Å². The Hall–Kier alpha value is -1.53. The standard InChI is InChI=1S/C12H14N2S/c1-4-6-9(5-2)11-8(3)15-12(14)10(11)7-13/h4,6H,3,5,14H2,1-2H3/b6-4-,11-9+. The minimum absolute atomic E-state index is 0.563. The molecular weight excluding hydrogens is 204 g/mol. The topological polar surface area (TPSA) is 49.8 Å². The van der Waals surface area contributed by atoms with Crippen molar-refractivity contribution in [2.45, 2.75) is 20.3 Å². The minimum Gasteiger partial charge on any atom is -0.389 e. The van der Waals surface area contributed by atoms with E-state index in [2.05, 4.69) is 19.6 Å². The Kier molecular flexibility index (Phi) is 3.70. The Morgan fingerprint density at radius 2 is 2.33 bits per heavy atom. The fourth-order valence-electron chi connectivity index (χ4n) is 1.53. The molecule has 0 spiro atoms. The second-order valence-electron chi connectivity index (χ2n) is 3.13. The van der Waals surface area contributed by atoms with E-state index in [0.29, 0.717) is 10.6 Å². The van der Waals surface area contributed by atoms with E-state index in [1.165, 1.54) is 11.3 Å². The Balaban J connectivity index is 3.75. The summed E-state index contributed by atoms with van der Waals surface area (Å²) in [5, 5.41) is 10.5. The van der Waals surface area contributed by atoms with Crippen LogP contribution in [0, 0.1) is 11.3 Å². The van der Waals surface area contributed by atoms with E-state index in [1.807, 2.05) is 19.1 Å². The van der Waals surface area contributed by atoms with Crippen LogP contribution >= 0.6 is 11.3 Å². The van der Waals surface area contributed by atoms with Crippen LogP contribution in [0.5, 0.6) is 0 Å². The summed E-state index contributed by atoms with van der Waals surface area (Å²) in [5.41, 5.74) is 7.45. The van der Waals surface area contributed by atoms with Gasteiger partial charge in [0.1, 0.15) is 11.1 Å². The van der Waals surface area contributed by atoms with Crippen LogP contribution in [-0.4, -0.2) is 0 Å². The lowest BCUT2D eigenvalue weighted by molar-refractivity contribution is 1.23. The molecule has 0 aromatic carbocycles. The van der Waals surface area contributed by atoms with E-state index in [-0.39, 0.29) is 0 Å². The molecular formula is C12H14N2S. The van der Waals surface area contributed by atoms with Crippen molar-refractivity contribution in [3.63, 3.8) is 0 Å². The summed E-state index contributed by atoms with van der Waals surface area (Å²) in [4.78, 5) is 0. The highest BCUT2D eigenvalue weighted by Crippen LogP contribution is 2.11. The Labute approximate surface area is 93.7 Å². The molecule has 1 rings (SSSR count). The number of rotatable bonds is 2. The van der Waals surface area contributed by atoms with Crippen LogP contribution in [0.2, 0.25) is 0 Å². The molecule has 0 aliphatic carbocycles. The zero-order chi connectivity index (χ0) is 11.4. The van der Waals surface area contributed by atoms with Crippen LogP contribution in [0.1, 0.15) is 25.8 Å². The zero-order valence-corrected chi connectivity index (χ0v) is 9.82. The number of nitriles is 1. The lowest BCUT2D eigenvalue weighted by atomic mass is 10.1. The largest absolute Gasteiger partial charge is 0.389 e. The molecule has 78 valence electrons. The van der Waals surface area contributed by atoms with Crippen LogP contribution < -0.4 is 15.5 Å². The van der Waals surface area contributed by atoms with Crippen LogP contribution in [-0.2, 0) is 0 Å². The van der Waals surface area contributed by atoms with Crippen molar-refractivity contribution in [3.05, 3.63) is 27.5 Å². The molecule has 0 atom stereocenters. The van der Waals surface area contributed by atoms with Crippen LogP contribution in [0.4, 0.5) is 5.00 Å². The molecule has 0 radical (unpaired) electrons. The molecule has 0 unspecified atom stereocenters. The Bertz CT molecular complexity index is 529. The highest BCUT2D eigenvalue weighted by molar-refractivity contribution is 7.14. The lowest BCUT2D eigenvalue weighted by Gasteiger charge is -1.95. The van der Waals surface area contributed by atoms with Gasteiger partial charge in [0, 0.05) is 9.75 Å². The monoisotopic (exact) mass is 218 g/mol. The van der Waals surface area contributed by atoms with Crippen molar-refractivity contribution < 1.29 is 0 Å². The third-order valence-corrected chi connectivity index (χ3v) is 3.06. The summed E-state index contributed by atoms with van der Waals surface area (Å²) in [6.45, 7) is 7.95. The van der Waals surface area contributed by atoms with Gasteiger partial charge in [-0.3, -0.25) is 0 Å². The summed E-state index contributed by atoms with van der Waals surface area (Å²) in [6, 6.07) is 2.15. The average molecular weight is 218 g/mol. The first kappa shape index (κ1) is 11.5. The molecule has 0 fully saturated rings. The number of nitrogen functional groups attached to an aromatic ring is 1. The second kappa shape index (κ2) is 4.81. The molecule has 0 saturated heterocycles. The molecule has 2 N–H and O–H groups in total. The molecule has 3 heteroatoms. The number of hydrogen-bond acceptors (Lipinski definition) is 3. The van der Waals surface area contributed by atoms with Gasteiger partial charge < -0.3 is 5.73 Å². The summed E-state index contributed by atoms with van der Waals surface area (Å²) >= 11 is 1.38. The summed E-state index contributed by atoms with van der Waals surface area (Å²) in [6.07, 6.45) is 4.85. The molecule has 15 heavy (non-hydrogen) atoms. The molecule has 1 aromatic rings. The third-order valence-electron chi connectivity index (χ3n) is 2.19. The summed E-state index contributed by atoms with van der Waals surface area (Å²) in [7, 11) is 0. The van der Waals surface area contributed by atoms with Crippen LogP contribution in [0.25, 0.3) is 12.2 Å². The van der Waals surface area contributed by atoms with Gasteiger partial charge in [-0.25, -0.2) is 0 Å². The number of allylic oxidation sites excluding steroid dienone is 2. The highest BCUT2D eigenvalue weighted by atomic mass is 32.1. The Morgan fingerprint density at radius 1 is 1.67 bits per heavy atom. The first-order chi connectivity index (χ1) is 7.15. The first-order valence-corrected chi connectivity index (χ1v) is 5.60. The van der Waals surface area contributed by atoms with Crippen molar-refractivity contribution in [2.75, 3.05) is 5.73 Å². The molecule has 0 bridgehead atoms. The average Bonchev–Trinajstić information content (AvgIpc) is 2.49. The molecule has 0 aliphatic heterocycles. The van der Waals surface area contributed by atoms with E-state index >= 15 is 0 Å². The van der Waals surface area contributed by atoms with Gasteiger partial charge in [0.15, 0.2) is 0 Å². The highest BCUT2D eigenvalue weighted by Gasteiger charge is 2.07. The lowest BCUT2D eigenvalue weighted by Crippen LogP contribution is -2.22. The maximum Gasteiger partial charge on any atom is 0.105 e. The van der Waals surface area contributed by atoms with E-state index in [9.17, 15) is 0 Å². The SMILES string of the molecule is C=c1sc(N)c(C#N)/c1=C(/C=C\C)CC. The molecule has 0 aliphatic rings. The van der Waals surface area contributed by atoms with E-state index in [4.69, 9.17) is 11.0 Å². The maximum absolute atomic E-state index is 9.04. The van der Waals surface area contributed by atoms with Crippen molar-refractivity contribution in [1.29, 1.82) is 5.26 Å². The molecule has 0 saturated carbocycles. The predicted octanol–water partition coefficient (Wildman–Crippen LogP) is 1.75. The minimum atomic E-state index is 0.563. The van der Waals surface area contributed by atoms with Crippen molar-refractivity contribution in [3.8, 4) is 6.07 Å². The van der Waals surface area contributed by atoms with Gasteiger partial charge in [-0.05, 0) is 18.9 Å². The number of thiophene rings is 1. The summed E-state index contributed by atoms with van der Waals surface area (Å²) in [5.74, 6) is 0. The number of anilines is 1. The Morgan fingerprint density at radius 3 is 2.80 bits per heavy atom. The van der Waals surface area contributed by atoms with E-state index in [0.717, 1.165) is 21.7 Å². The molecule has 0 amide bonds. The smallest absolute Gasteiger partial charge is 0.105 e. The van der Waals surface area contributed by atoms with Gasteiger partial charge >= 0.3 is 0 Å². The first-order valence-electron chi connectivity index (χ1n) is 4.78. The molecule has 2 nitrogen and oxygen atoms in total. The van der Waals surface area contributed by atoms with Gasteiger partial charge in [0.25, 0.3) is 0 Å². The molecule has 1 aromatic heterocycles. The number of nitrogens with two attached hydrogens (primary N) is 1. The third kappa shape index (κ3) is 2.11. The molecule has 1 heterocycles. The number of nitrogens with zero attached hydrogens (tertiary/aromatic N) is 1. The van der Waals surface area contributed by atoms with Crippen LogP contribution in [0.3, 0.4) is 0 Å². The predicted molar refractivity (Wildman–Crippen MR) is 66.7 cm³/mol. The fraction of sp³-hybridized carbons (Fsp3) is 0.250. The number of hydrogen-bond donors (Lipinski definition) is 1. The quantitative estimate of drug-likeness (QED) is 0.822. The second-order valence-corrected chi connectivity index (χ2v) is 4.27. The maximum atomic E-state index is 9.04. The van der Waals surface area contributed by atoms with E-state index in [1.54, 1.807) is 0 Å². The van der Waals surface area contributed by atoms with Gasteiger partial charge in [-0.15, -0.1) is 11.3 Å². The summed E-state index contributed by atoms with van der Waals surface area (Å²) < 4.78 is 0.874. The van der Waals surface area contributed by atoms with Gasteiger partial charge in [0.05, 0.1) is 5.56 Å². The van der Waals surface area contributed by atoms with Gasteiger partial charge in [-0.1, -0.05) is 25.7 Å². The van der Waals surface area contributed by atoms with Crippen molar-refractivity contribution in [2.24, 2.45) is 0 Å². The van der Waals surface area contributed by atoms with Gasteiger partial charge in [-0.2, -0.15) is 5.26 Å². The van der Waals surface area contributed by atoms with E-state index < -0.39 is 0 Å². The van der Waals surface area contributed by atoms with Crippen molar-refractivity contribution in [1.82, 2.24) is 0 Å².